The molecule has 0 atom stereocenters. The lowest BCUT2D eigenvalue weighted by atomic mass is 9.98. The Morgan fingerprint density at radius 2 is 1.58 bits per heavy atom. The van der Waals surface area contributed by atoms with Crippen molar-refractivity contribution in [2.75, 3.05) is 5.73 Å². The number of hydrogen-bond acceptors (Lipinski definition) is 3. The number of rotatable bonds is 3. The number of carbonyl (C=O) groups excluding carboxylic acids is 1. The fourth-order valence-corrected chi connectivity index (χ4v) is 1.81. The molecule has 2 aromatic carbocycles. The Kier molecular flexibility index (Phi) is 3.33. The number of hydrogen-bond donors (Lipinski definition) is 2. The molecule has 0 aliphatic rings. The van der Waals surface area contributed by atoms with Crippen LogP contribution in [0.3, 0.4) is 0 Å². The topological polar surface area (TPSA) is 80.4 Å². The smallest absolute Gasteiger partial charge is 0.337 e. The fourth-order valence-electron chi connectivity index (χ4n) is 1.81. The fraction of sp³-hybridized carbons (Fsp3) is 0.0667. The summed E-state index contributed by atoms with van der Waals surface area (Å²) in [6, 6.07) is 11.5. The van der Waals surface area contributed by atoms with Gasteiger partial charge in [-0.2, -0.15) is 0 Å². The first-order valence-electron chi connectivity index (χ1n) is 5.74. The summed E-state index contributed by atoms with van der Waals surface area (Å²) in [5.74, 6) is -1.42. The largest absolute Gasteiger partial charge is 0.478 e. The van der Waals surface area contributed by atoms with E-state index in [-0.39, 0.29) is 22.6 Å². The first kappa shape index (κ1) is 12.8. The Labute approximate surface area is 110 Å². The van der Waals surface area contributed by atoms with Crippen molar-refractivity contribution in [1.29, 1.82) is 0 Å². The van der Waals surface area contributed by atoms with Crippen molar-refractivity contribution in [3.8, 4) is 0 Å². The van der Waals surface area contributed by atoms with E-state index in [0.717, 1.165) is 5.56 Å². The number of carbonyl (C=O) groups is 2. The molecule has 4 nitrogen and oxygen atoms in total. The van der Waals surface area contributed by atoms with Gasteiger partial charge in [-0.05, 0) is 19.1 Å². The highest BCUT2D eigenvalue weighted by Crippen LogP contribution is 2.21. The first-order chi connectivity index (χ1) is 9.00. The highest BCUT2D eigenvalue weighted by molar-refractivity contribution is 6.14. The number of para-hydroxylation sites is 1. The minimum Gasteiger partial charge on any atom is -0.478 e. The van der Waals surface area contributed by atoms with Gasteiger partial charge in [0.2, 0.25) is 0 Å². The number of ketones is 1. The number of carboxylic acids is 1. The van der Waals surface area contributed by atoms with Crippen LogP contribution in [-0.4, -0.2) is 16.9 Å². The Balaban J connectivity index is 2.47. The van der Waals surface area contributed by atoms with Crippen LogP contribution in [0.25, 0.3) is 0 Å². The molecule has 19 heavy (non-hydrogen) atoms. The van der Waals surface area contributed by atoms with Crippen LogP contribution >= 0.6 is 0 Å². The van der Waals surface area contributed by atoms with Crippen LogP contribution in [0, 0.1) is 6.92 Å². The zero-order valence-corrected chi connectivity index (χ0v) is 10.4. The monoisotopic (exact) mass is 255 g/mol. The molecule has 0 unspecified atom stereocenters. The number of nitrogens with two attached hydrogens (primary N) is 1. The molecule has 0 saturated heterocycles. The van der Waals surface area contributed by atoms with E-state index in [1.54, 1.807) is 12.1 Å². The quantitative estimate of drug-likeness (QED) is 0.652. The van der Waals surface area contributed by atoms with Gasteiger partial charge in [0.1, 0.15) is 0 Å². The molecule has 0 aromatic heterocycles. The molecule has 3 N–H and O–H groups in total. The second-order valence-electron chi connectivity index (χ2n) is 4.27. The van der Waals surface area contributed by atoms with Gasteiger partial charge in [0.15, 0.2) is 5.78 Å². The van der Waals surface area contributed by atoms with E-state index in [1.807, 2.05) is 19.1 Å². The van der Waals surface area contributed by atoms with E-state index in [1.165, 1.54) is 18.2 Å². The number of aryl methyl sites for hydroxylation is 1. The van der Waals surface area contributed by atoms with Gasteiger partial charge in [0.05, 0.1) is 11.3 Å². The van der Waals surface area contributed by atoms with Crippen LogP contribution in [0.2, 0.25) is 0 Å². The van der Waals surface area contributed by atoms with Gasteiger partial charge in [0.25, 0.3) is 0 Å². The molecule has 4 heteroatoms. The Morgan fingerprint density at radius 1 is 1.00 bits per heavy atom. The van der Waals surface area contributed by atoms with Crippen molar-refractivity contribution >= 4 is 17.4 Å². The predicted octanol–water partition coefficient (Wildman–Crippen LogP) is 2.51. The SMILES string of the molecule is Cc1ccc(C(=O)c2cccc(C(=O)O)c2N)cc1. The van der Waals surface area contributed by atoms with Crippen molar-refractivity contribution < 1.29 is 14.7 Å². The average Bonchev–Trinajstić information content (AvgIpc) is 2.38. The van der Waals surface area contributed by atoms with E-state index in [0.29, 0.717) is 5.56 Å². The summed E-state index contributed by atoms with van der Waals surface area (Å²) < 4.78 is 0. The summed E-state index contributed by atoms with van der Waals surface area (Å²) >= 11 is 0. The maximum Gasteiger partial charge on any atom is 0.337 e. The third-order valence-corrected chi connectivity index (χ3v) is 2.89. The molecule has 2 aromatic rings. The zero-order valence-electron chi connectivity index (χ0n) is 10.4. The summed E-state index contributed by atoms with van der Waals surface area (Å²) in [5, 5.41) is 8.99. The Bertz CT molecular complexity index is 645. The van der Waals surface area contributed by atoms with Crippen molar-refractivity contribution in [3.05, 3.63) is 64.7 Å². The van der Waals surface area contributed by atoms with Crippen LogP contribution in [0.15, 0.2) is 42.5 Å². The maximum atomic E-state index is 12.3. The minimum absolute atomic E-state index is 0.000532. The van der Waals surface area contributed by atoms with Gasteiger partial charge < -0.3 is 10.8 Å². The van der Waals surface area contributed by atoms with Gasteiger partial charge in [-0.3, -0.25) is 4.79 Å². The second-order valence-corrected chi connectivity index (χ2v) is 4.27. The molecule has 0 heterocycles. The number of nitrogen functional groups attached to an aromatic ring is 1. The van der Waals surface area contributed by atoms with Crippen LogP contribution in [0.1, 0.15) is 31.8 Å². The molecular formula is C15H13NO3. The maximum absolute atomic E-state index is 12.3. The van der Waals surface area contributed by atoms with Crippen LogP contribution in [-0.2, 0) is 0 Å². The molecule has 0 saturated carbocycles. The minimum atomic E-state index is -1.14. The zero-order chi connectivity index (χ0) is 14.0. The van der Waals surface area contributed by atoms with Crippen molar-refractivity contribution in [2.45, 2.75) is 6.92 Å². The molecule has 0 aliphatic carbocycles. The number of anilines is 1. The number of aromatic carboxylic acids is 1. The summed E-state index contributed by atoms with van der Waals surface area (Å²) in [5.41, 5.74) is 7.44. The predicted molar refractivity (Wildman–Crippen MR) is 72.4 cm³/mol. The van der Waals surface area contributed by atoms with Crippen molar-refractivity contribution in [3.63, 3.8) is 0 Å². The Morgan fingerprint density at radius 3 is 2.16 bits per heavy atom. The molecule has 0 bridgehead atoms. The third-order valence-electron chi connectivity index (χ3n) is 2.89. The van der Waals surface area contributed by atoms with E-state index in [2.05, 4.69) is 0 Å². The van der Waals surface area contributed by atoms with Gasteiger partial charge >= 0.3 is 5.97 Å². The van der Waals surface area contributed by atoms with Crippen molar-refractivity contribution in [2.24, 2.45) is 0 Å². The standard InChI is InChI=1S/C15H13NO3/c1-9-5-7-10(8-6-9)14(17)11-3-2-4-12(13(11)16)15(18)19/h2-8H,16H2,1H3,(H,18,19). The normalized spacial score (nSPS) is 10.2. The first-order valence-corrected chi connectivity index (χ1v) is 5.74. The molecule has 96 valence electrons. The Hall–Kier alpha value is -2.62. The van der Waals surface area contributed by atoms with E-state index >= 15 is 0 Å². The molecule has 0 fully saturated rings. The van der Waals surface area contributed by atoms with Gasteiger partial charge in [-0.1, -0.05) is 35.9 Å². The highest BCUT2D eigenvalue weighted by atomic mass is 16.4. The molecule has 0 amide bonds. The van der Waals surface area contributed by atoms with Gasteiger partial charge in [0, 0.05) is 11.1 Å². The van der Waals surface area contributed by atoms with Crippen molar-refractivity contribution in [1.82, 2.24) is 0 Å². The molecular weight excluding hydrogens is 242 g/mol. The molecule has 2 rings (SSSR count). The van der Waals surface area contributed by atoms with Crippen LogP contribution in [0.4, 0.5) is 5.69 Å². The summed E-state index contributed by atoms with van der Waals surface area (Å²) in [6.07, 6.45) is 0. The lowest BCUT2D eigenvalue weighted by Gasteiger charge is -2.07. The molecule has 0 spiro atoms. The summed E-state index contributed by atoms with van der Waals surface area (Å²) in [4.78, 5) is 23.3. The molecule has 0 aliphatic heterocycles. The van der Waals surface area contributed by atoms with E-state index in [9.17, 15) is 9.59 Å². The number of carboxylic acid groups (broad SMARTS) is 1. The number of benzene rings is 2. The van der Waals surface area contributed by atoms with E-state index in [4.69, 9.17) is 10.8 Å². The van der Waals surface area contributed by atoms with E-state index < -0.39 is 5.97 Å². The van der Waals surface area contributed by atoms with Crippen LogP contribution < -0.4 is 5.73 Å². The second kappa shape index (κ2) is 4.94. The lowest BCUT2D eigenvalue weighted by molar-refractivity contribution is 0.0698. The summed E-state index contributed by atoms with van der Waals surface area (Å²) in [7, 11) is 0. The average molecular weight is 255 g/mol. The van der Waals surface area contributed by atoms with Gasteiger partial charge in [-0.25, -0.2) is 4.79 Å². The molecule has 0 radical (unpaired) electrons. The third kappa shape index (κ3) is 2.47. The lowest BCUT2D eigenvalue weighted by Crippen LogP contribution is -2.10. The van der Waals surface area contributed by atoms with Gasteiger partial charge in [-0.15, -0.1) is 0 Å². The summed E-state index contributed by atoms with van der Waals surface area (Å²) in [6.45, 7) is 1.92. The highest BCUT2D eigenvalue weighted by Gasteiger charge is 2.17. The van der Waals surface area contributed by atoms with Crippen LogP contribution in [0.5, 0.6) is 0 Å².